The molecule has 7 rings (SSSR count). The Kier molecular flexibility index (Phi) is 14.2. The number of fused-ring (bicyclic) bond motifs is 2. The average Bonchev–Trinajstić information content (AvgIpc) is 3.58. The van der Waals surface area contributed by atoms with Gasteiger partial charge < -0.3 is 35.4 Å². The molecule has 2 amide bonds. The zero-order valence-electron chi connectivity index (χ0n) is 37.3. The lowest BCUT2D eigenvalue weighted by Gasteiger charge is -2.62. The fourth-order valence-corrected chi connectivity index (χ4v) is 10.9. The van der Waals surface area contributed by atoms with Crippen molar-refractivity contribution in [3.8, 4) is 16.9 Å². The number of carbonyl (C=O) groups is 2. The highest BCUT2D eigenvalue weighted by Gasteiger charge is 2.57. The summed E-state index contributed by atoms with van der Waals surface area (Å²) in [4.78, 5) is 38.8. The van der Waals surface area contributed by atoms with Crippen LogP contribution < -0.4 is 25.0 Å². The summed E-state index contributed by atoms with van der Waals surface area (Å²) in [5, 5.41) is 29.5. The van der Waals surface area contributed by atoms with Gasteiger partial charge in [-0.15, -0.1) is 0 Å². The first kappa shape index (κ1) is 46.4. The molecular weight excluding hydrogens is 797 g/mol. The summed E-state index contributed by atoms with van der Waals surface area (Å²) in [5.74, 6) is 0.549. The molecule has 0 unspecified atom stereocenters. The third kappa shape index (κ3) is 10.1. The van der Waals surface area contributed by atoms with E-state index in [2.05, 4.69) is 36.1 Å². The Morgan fingerprint density at radius 3 is 2.31 bits per heavy atom. The van der Waals surface area contributed by atoms with Gasteiger partial charge in [-0.25, -0.2) is 13.1 Å². The monoisotopic (exact) mass is 862 g/mol. The molecule has 3 aliphatic carbocycles. The second kappa shape index (κ2) is 18.7. The summed E-state index contributed by atoms with van der Waals surface area (Å²) < 4.78 is 34.1. The number of anilines is 1. The highest BCUT2D eigenvalue weighted by atomic mass is 32.2. The number of nitrogens with zero attached hydrogens (tertiary/aromatic N) is 3. The number of aliphatic hydroxyl groups is 2. The molecule has 334 valence electrons. The molecule has 15 heteroatoms. The predicted molar refractivity (Wildman–Crippen MR) is 237 cm³/mol. The largest absolute Gasteiger partial charge is 0.496 e. The van der Waals surface area contributed by atoms with E-state index in [0.29, 0.717) is 57.9 Å². The van der Waals surface area contributed by atoms with Gasteiger partial charge in [-0.3, -0.25) is 14.4 Å². The van der Waals surface area contributed by atoms with E-state index >= 15 is 0 Å². The number of hydroxylamine groups is 2. The number of sulfonamides is 1. The predicted octanol–water partition coefficient (Wildman–Crippen LogP) is 4.04. The van der Waals surface area contributed by atoms with E-state index in [9.17, 15) is 28.2 Å². The molecule has 1 aliphatic heterocycles. The maximum atomic E-state index is 14.4. The molecule has 3 aromatic carbocycles. The standard InChI is InChI=1S/C46H66N6O8S/c1-27-36-22-33(46(36,3)4)23-37(27)47-45(56)42-40(28(2)54)39(26-53)60-52(42)24-30-17-14-18-35(43(30)59-9)31-19-32(21-34(20-31)51(7)8)44(55)48-38(25-50(5)6)41(49-61(10,57)58)29-15-12-11-13-16-29/h11-21,27-28,33,36-42,49,53-54H,22-26H2,1-10H3,(H,47,56)(H,48,55)/t27-,28-,33+,36-,37-,38+,39-,40+,41-,42-/m0/s1. The Morgan fingerprint density at radius 2 is 1.74 bits per heavy atom. The Balaban J connectivity index is 1.32. The van der Waals surface area contributed by atoms with Crippen LogP contribution in [0.1, 0.15) is 68.1 Å². The van der Waals surface area contributed by atoms with Crippen LogP contribution in [0.2, 0.25) is 0 Å². The molecule has 10 atom stereocenters. The Labute approximate surface area is 362 Å². The first-order chi connectivity index (χ1) is 28.7. The first-order valence-electron chi connectivity index (χ1n) is 21.2. The number of methoxy groups -OCH3 is 1. The van der Waals surface area contributed by atoms with E-state index in [-0.39, 0.29) is 30.5 Å². The molecule has 61 heavy (non-hydrogen) atoms. The van der Waals surface area contributed by atoms with Crippen LogP contribution in [0.3, 0.4) is 0 Å². The molecule has 3 saturated carbocycles. The van der Waals surface area contributed by atoms with Crippen molar-refractivity contribution in [1.29, 1.82) is 0 Å². The minimum Gasteiger partial charge on any atom is -0.496 e. The van der Waals surface area contributed by atoms with E-state index < -0.39 is 52.2 Å². The first-order valence-corrected chi connectivity index (χ1v) is 23.1. The minimum atomic E-state index is -3.67. The van der Waals surface area contributed by atoms with Crippen LogP contribution in [-0.4, -0.2) is 125 Å². The van der Waals surface area contributed by atoms with Crippen molar-refractivity contribution in [3.63, 3.8) is 0 Å². The van der Waals surface area contributed by atoms with Gasteiger partial charge in [0.15, 0.2) is 0 Å². The van der Waals surface area contributed by atoms with Crippen LogP contribution in [0, 0.1) is 29.1 Å². The van der Waals surface area contributed by atoms with Crippen molar-refractivity contribution in [2.45, 2.75) is 83.5 Å². The number of nitrogens with one attached hydrogen (secondary N) is 3. The number of aliphatic hydroxyl groups excluding tert-OH is 2. The number of rotatable bonds is 17. The molecule has 0 radical (unpaired) electrons. The number of hydrogen-bond donors (Lipinski definition) is 5. The summed E-state index contributed by atoms with van der Waals surface area (Å²) in [7, 11) is 5.39. The van der Waals surface area contributed by atoms with Gasteiger partial charge in [0, 0.05) is 55.0 Å². The van der Waals surface area contributed by atoms with Crippen LogP contribution in [-0.2, 0) is 26.2 Å². The van der Waals surface area contributed by atoms with E-state index in [1.807, 2.05) is 92.6 Å². The maximum absolute atomic E-state index is 14.4. The number of benzene rings is 3. The van der Waals surface area contributed by atoms with Gasteiger partial charge >= 0.3 is 0 Å². The lowest BCUT2D eigenvalue weighted by atomic mass is 9.45. The quantitative estimate of drug-likeness (QED) is 0.133. The lowest BCUT2D eigenvalue weighted by molar-refractivity contribution is -0.183. The zero-order valence-corrected chi connectivity index (χ0v) is 38.1. The summed E-state index contributed by atoms with van der Waals surface area (Å²) in [6.07, 6.45) is 1.44. The maximum Gasteiger partial charge on any atom is 0.251 e. The number of carbonyl (C=O) groups excluding carboxylic acids is 2. The van der Waals surface area contributed by atoms with Gasteiger partial charge in [-0.05, 0) is 86.4 Å². The fourth-order valence-electron chi connectivity index (χ4n) is 10.1. The normalized spacial score (nSPS) is 26.2. The van der Waals surface area contributed by atoms with Crippen molar-refractivity contribution in [2.75, 3.05) is 59.6 Å². The molecule has 3 aromatic rings. The van der Waals surface area contributed by atoms with Crippen molar-refractivity contribution in [2.24, 2.45) is 29.1 Å². The smallest absolute Gasteiger partial charge is 0.251 e. The van der Waals surface area contributed by atoms with E-state index in [4.69, 9.17) is 9.57 Å². The molecule has 0 spiro atoms. The zero-order chi connectivity index (χ0) is 44.6. The molecular formula is C46H66N6O8S. The van der Waals surface area contributed by atoms with E-state index in [1.165, 1.54) is 6.42 Å². The third-order valence-corrected chi connectivity index (χ3v) is 14.2. The van der Waals surface area contributed by atoms with E-state index in [0.717, 1.165) is 18.4 Å². The summed E-state index contributed by atoms with van der Waals surface area (Å²) >= 11 is 0. The molecule has 14 nitrogen and oxygen atoms in total. The number of ether oxygens (including phenoxy) is 1. The van der Waals surface area contributed by atoms with Crippen molar-refractivity contribution < 1.29 is 37.8 Å². The fraction of sp³-hybridized carbons (Fsp3) is 0.565. The third-order valence-electron chi connectivity index (χ3n) is 13.5. The number of hydrogen-bond acceptors (Lipinski definition) is 11. The van der Waals surface area contributed by atoms with Crippen LogP contribution in [0.25, 0.3) is 11.1 Å². The van der Waals surface area contributed by atoms with Crippen LogP contribution in [0.4, 0.5) is 5.69 Å². The van der Waals surface area contributed by atoms with Crippen molar-refractivity contribution in [3.05, 3.63) is 83.4 Å². The summed E-state index contributed by atoms with van der Waals surface area (Å²) in [5.41, 5.74) is 4.13. The van der Waals surface area contributed by atoms with Crippen LogP contribution in [0.5, 0.6) is 5.75 Å². The Morgan fingerprint density at radius 1 is 1.03 bits per heavy atom. The Bertz CT molecular complexity index is 2130. The van der Waals surface area contributed by atoms with Crippen molar-refractivity contribution in [1.82, 2.24) is 25.3 Å². The second-order valence-corrected chi connectivity index (χ2v) is 20.3. The van der Waals surface area contributed by atoms with Gasteiger partial charge in [-0.2, -0.15) is 5.06 Å². The molecule has 4 aliphatic rings. The molecule has 4 fully saturated rings. The molecule has 1 heterocycles. The van der Waals surface area contributed by atoms with E-state index in [1.54, 1.807) is 31.2 Å². The summed E-state index contributed by atoms with van der Waals surface area (Å²) in [6, 6.07) is 18.1. The highest BCUT2D eigenvalue weighted by molar-refractivity contribution is 7.88. The Hall–Kier alpha value is -4.09. The molecule has 2 bridgehead atoms. The SMILES string of the molecule is COc1c(CN2O[C@@H](CO)[C@@H]([C@H](C)O)[C@H]2C(=O)N[C@H]2C[C@H]3C[C@@H]([C@@H]2C)C3(C)C)cccc1-c1cc(C(=O)N[C@H](CN(C)C)[C@@H](NS(C)(=O)=O)c2ccccc2)cc(N(C)C)c1. The lowest BCUT2D eigenvalue weighted by Crippen LogP contribution is -2.62. The molecule has 0 aromatic heterocycles. The van der Waals surface area contributed by atoms with Crippen molar-refractivity contribution >= 4 is 27.5 Å². The number of para-hydroxylation sites is 1. The van der Waals surface area contributed by atoms with Crippen LogP contribution >= 0.6 is 0 Å². The number of amides is 2. The molecule has 1 saturated heterocycles. The van der Waals surface area contributed by atoms with Crippen LogP contribution in [0.15, 0.2) is 66.7 Å². The van der Waals surface area contributed by atoms with Gasteiger partial charge in [-0.1, -0.05) is 69.3 Å². The topological polar surface area (TPSA) is 173 Å². The molecule has 5 N–H and O–H groups in total. The second-order valence-electron chi connectivity index (χ2n) is 18.5. The minimum absolute atomic E-state index is 0.000477. The van der Waals surface area contributed by atoms with Gasteiger partial charge in [0.05, 0.1) is 44.7 Å². The van der Waals surface area contributed by atoms with Gasteiger partial charge in [0.1, 0.15) is 17.9 Å². The number of likely N-dealkylation sites (N-methyl/N-ethyl adjacent to an activating group) is 1. The average molecular weight is 863 g/mol. The van der Waals surface area contributed by atoms with Gasteiger partial charge in [0.2, 0.25) is 15.9 Å². The highest BCUT2D eigenvalue weighted by Crippen LogP contribution is 2.61. The van der Waals surface area contributed by atoms with Gasteiger partial charge in [0.25, 0.3) is 5.91 Å². The summed E-state index contributed by atoms with van der Waals surface area (Å²) in [6.45, 7) is 8.56.